The summed E-state index contributed by atoms with van der Waals surface area (Å²) in [5.74, 6) is 0.601. The highest BCUT2D eigenvalue weighted by atomic mass is 32.1. The van der Waals surface area contributed by atoms with Crippen molar-refractivity contribution in [3.8, 4) is 5.75 Å². The number of nitrogens with zero attached hydrogens (tertiary/aromatic N) is 2. The predicted octanol–water partition coefficient (Wildman–Crippen LogP) is 2.99. The normalized spacial score (nSPS) is 15.9. The fourth-order valence-electron chi connectivity index (χ4n) is 2.81. The Labute approximate surface area is 157 Å². The van der Waals surface area contributed by atoms with Crippen molar-refractivity contribution >= 4 is 28.3 Å². The smallest absolute Gasteiger partial charge is 0.261 e. The van der Waals surface area contributed by atoms with Gasteiger partial charge in [0.15, 0.2) is 11.7 Å². The monoisotopic (exact) mass is 373 g/mol. The van der Waals surface area contributed by atoms with Gasteiger partial charge in [-0.15, -0.1) is 11.3 Å². The zero-order chi connectivity index (χ0) is 18.7. The molecule has 1 aromatic carbocycles. The molecule has 1 unspecified atom stereocenters. The van der Waals surface area contributed by atoms with Gasteiger partial charge in [0, 0.05) is 19.0 Å². The molecule has 1 atom stereocenters. The number of carbonyl (C=O) groups excluding carboxylic acids is 2. The van der Waals surface area contributed by atoms with Crippen molar-refractivity contribution < 1.29 is 14.3 Å². The Kier molecular flexibility index (Phi) is 5.56. The molecule has 1 heterocycles. The van der Waals surface area contributed by atoms with E-state index in [1.165, 1.54) is 9.78 Å². The molecule has 1 aromatic heterocycles. The van der Waals surface area contributed by atoms with Gasteiger partial charge in [0.1, 0.15) is 5.75 Å². The molecular weight excluding hydrogens is 350 g/mol. The van der Waals surface area contributed by atoms with E-state index >= 15 is 0 Å². The molecule has 0 saturated carbocycles. The first-order valence-corrected chi connectivity index (χ1v) is 9.47. The average Bonchev–Trinajstić information content (AvgIpc) is 3.00. The number of para-hydroxylation sites is 1. The Morgan fingerprint density at radius 3 is 2.88 bits per heavy atom. The van der Waals surface area contributed by atoms with E-state index < -0.39 is 0 Å². The van der Waals surface area contributed by atoms with Crippen LogP contribution in [0.2, 0.25) is 0 Å². The lowest BCUT2D eigenvalue weighted by atomic mass is 9.93. The average molecular weight is 373 g/mol. The van der Waals surface area contributed by atoms with Crippen molar-refractivity contribution in [1.82, 2.24) is 9.88 Å². The summed E-state index contributed by atoms with van der Waals surface area (Å²) >= 11 is 1.55. The standard InChI is InChI=1S/C19H23N3O3S/c1-12-8-9-14-16(10-12)26-19(20-14)21-18(24)13-6-4-5-7-15(13)25-11-17(23)22(2)3/h4-7,12H,8-11H2,1-3H3,(H,20,21,24). The van der Waals surface area contributed by atoms with Crippen LogP contribution in [-0.4, -0.2) is 42.4 Å². The Bertz CT molecular complexity index is 816. The Balaban J connectivity index is 1.71. The lowest BCUT2D eigenvalue weighted by molar-refractivity contribution is -0.130. The summed E-state index contributed by atoms with van der Waals surface area (Å²) in [5, 5.41) is 3.49. The van der Waals surface area contributed by atoms with Crippen LogP contribution in [-0.2, 0) is 17.6 Å². The quantitative estimate of drug-likeness (QED) is 0.875. The molecule has 6 nitrogen and oxygen atoms in total. The summed E-state index contributed by atoms with van der Waals surface area (Å²) in [7, 11) is 3.32. The Morgan fingerprint density at radius 1 is 1.35 bits per heavy atom. The van der Waals surface area contributed by atoms with Crippen LogP contribution >= 0.6 is 11.3 Å². The number of anilines is 1. The third-order valence-corrected chi connectivity index (χ3v) is 5.42. The van der Waals surface area contributed by atoms with Crippen molar-refractivity contribution in [3.05, 3.63) is 40.4 Å². The number of benzene rings is 1. The van der Waals surface area contributed by atoms with E-state index in [-0.39, 0.29) is 18.4 Å². The van der Waals surface area contributed by atoms with Gasteiger partial charge in [-0.1, -0.05) is 19.1 Å². The fraction of sp³-hybridized carbons (Fsp3) is 0.421. The molecule has 3 rings (SSSR count). The van der Waals surface area contributed by atoms with E-state index in [9.17, 15) is 9.59 Å². The van der Waals surface area contributed by atoms with E-state index in [4.69, 9.17) is 4.74 Å². The van der Waals surface area contributed by atoms with Gasteiger partial charge in [-0.3, -0.25) is 14.9 Å². The molecule has 0 spiro atoms. The SMILES string of the molecule is CC1CCc2nc(NC(=O)c3ccccc3OCC(=O)N(C)C)sc2C1. The van der Waals surface area contributed by atoms with Crippen LogP contribution in [0.25, 0.3) is 0 Å². The number of nitrogens with one attached hydrogen (secondary N) is 1. The van der Waals surface area contributed by atoms with E-state index in [2.05, 4.69) is 17.2 Å². The number of rotatable bonds is 5. The number of aromatic nitrogens is 1. The highest BCUT2D eigenvalue weighted by Crippen LogP contribution is 2.32. The van der Waals surface area contributed by atoms with E-state index in [0.717, 1.165) is 25.0 Å². The van der Waals surface area contributed by atoms with Crippen LogP contribution in [0.1, 0.15) is 34.3 Å². The largest absolute Gasteiger partial charge is 0.483 e. The summed E-state index contributed by atoms with van der Waals surface area (Å²) < 4.78 is 5.55. The highest BCUT2D eigenvalue weighted by molar-refractivity contribution is 7.15. The molecule has 0 bridgehead atoms. The maximum Gasteiger partial charge on any atom is 0.261 e. The molecule has 2 amide bonds. The number of thiazole rings is 1. The van der Waals surface area contributed by atoms with Gasteiger partial charge >= 0.3 is 0 Å². The van der Waals surface area contributed by atoms with Crippen molar-refractivity contribution in [2.75, 3.05) is 26.0 Å². The minimum Gasteiger partial charge on any atom is -0.483 e. The third kappa shape index (κ3) is 4.22. The zero-order valence-corrected chi connectivity index (χ0v) is 16.1. The number of hydrogen-bond donors (Lipinski definition) is 1. The van der Waals surface area contributed by atoms with Gasteiger partial charge in [-0.25, -0.2) is 4.98 Å². The Hall–Kier alpha value is -2.41. The van der Waals surface area contributed by atoms with Gasteiger partial charge in [0.25, 0.3) is 11.8 Å². The van der Waals surface area contributed by atoms with Crippen LogP contribution in [0.15, 0.2) is 24.3 Å². The second-order valence-corrected chi connectivity index (χ2v) is 7.85. The van der Waals surface area contributed by atoms with Gasteiger partial charge in [0.2, 0.25) is 0 Å². The molecule has 0 aliphatic heterocycles. The van der Waals surface area contributed by atoms with Crippen LogP contribution in [0.4, 0.5) is 5.13 Å². The molecule has 0 fully saturated rings. The second kappa shape index (κ2) is 7.86. The number of amides is 2. The van der Waals surface area contributed by atoms with Crippen molar-refractivity contribution in [2.45, 2.75) is 26.2 Å². The molecule has 138 valence electrons. The molecule has 1 aliphatic rings. The lowest BCUT2D eigenvalue weighted by Gasteiger charge is -2.15. The topological polar surface area (TPSA) is 71.5 Å². The van der Waals surface area contributed by atoms with E-state index in [1.54, 1.807) is 49.7 Å². The molecule has 1 aliphatic carbocycles. The molecule has 1 N–H and O–H groups in total. The zero-order valence-electron chi connectivity index (χ0n) is 15.2. The highest BCUT2D eigenvalue weighted by Gasteiger charge is 2.21. The van der Waals surface area contributed by atoms with E-state index in [0.29, 0.717) is 22.4 Å². The molecule has 7 heteroatoms. The minimum atomic E-state index is -0.281. The molecule has 2 aromatic rings. The first-order chi connectivity index (χ1) is 12.4. The van der Waals surface area contributed by atoms with Crippen LogP contribution < -0.4 is 10.1 Å². The lowest BCUT2D eigenvalue weighted by Crippen LogP contribution is -2.28. The van der Waals surface area contributed by atoms with Crippen LogP contribution in [0, 0.1) is 5.92 Å². The van der Waals surface area contributed by atoms with Gasteiger partial charge < -0.3 is 9.64 Å². The second-order valence-electron chi connectivity index (χ2n) is 6.76. The number of carbonyl (C=O) groups is 2. The van der Waals surface area contributed by atoms with Gasteiger partial charge in [0.05, 0.1) is 11.3 Å². The summed E-state index contributed by atoms with van der Waals surface area (Å²) in [6.45, 7) is 2.13. The van der Waals surface area contributed by atoms with Crippen LogP contribution in [0.3, 0.4) is 0 Å². The number of fused-ring (bicyclic) bond motifs is 1. The first-order valence-electron chi connectivity index (χ1n) is 8.66. The number of aryl methyl sites for hydroxylation is 1. The van der Waals surface area contributed by atoms with Gasteiger partial charge in [-0.05, 0) is 37.3 Å². The van der Waals surface area contributed by atoms with Crippen LogP contribution in [0.5, 0.6) is 5.75 Å². The molecule has 0 saturated heterocycles. The molecular formula is C19H23N3O3S. The Morgan fingerprint density at radius 2 is 2.12 bits per heavy atom. The summed E-state index contributed by atoms with van der Waals surface area (Å²) in [5.41, 5.74) is 1.49. The maximum atomic E-state index is 12.7. The first kappa shape index (κ1) is 18.4. The van der Waals surface area contributed by atoms with Crippen molar-refractivity contribution in [3.63, 3.8) is 0 Å². The van der Waals surface area contributed by atoms with Crippen molar-refractivity contribution in [2.24, 2.45) is 5.92 Å². The number of likely N-dealkylation sites (N-methyl/N-ethyl adjacent to an activating group) is 1. The minimum absolute atomic E-state index is 0.110. The molecule has 26 heavy (non-hydrogen) atoms. The maximum absolute atomic E-state index is 12.7. The number of hydrogen-bond acceptors (Lipinski definition) is 5. The van der Waals surface area contributed by atoms with Crippen molar-refractivity contribution in [1.29, 1.82) is 0 Å². The summed E-state index contributed by atoms with van der Waals surface area (Å²) in [4.78, 5) is 31.7. The van der Waals surface area contributed by atoms with E-state index in [1.807, 2.05) is 0 Å². The summed E-state index contributed by atoms with van der Waals surface area (Å²) in [6.07, 6.45) is 3.13. The third-order valence-electron chi connectivity index (χ3n) is 4.39. The fourth-order valence-corrected chi connectivity index (χ4v) is 3.97. The predicted molar refractivity (Wildman–Crippen MR) is 102 cm³/mol. The molecule has 0 radical (unpaired) electrons. The summed E-state index contributed by atoms with van der Waals surface area (Å²) in [6, 6.07) is 6.91. The number of ether oxygens (including phenoxy) is 1. The van der Waals surface area contributed by atoms with Gasteiger partial charge in [-0.2, -0.15) is 0 Å².